The van der Waals surface area contributed by atoms with Gasteiger partial charge in [0.1, 0.15) is 11.5 Å². The maximum absolute atomic E-state index is 13.2. The molecule has 2 aromatic rings. The summed E-state index contributed by atoms with van der Waals surface area (Å²) in [7, 11) is 0. The van der Waals surface area contributed by atoms with E-state index in [-0.39, 0.29) is 17.9 Å². The Bertz CT molecular complexity index is 966. The van der Waals surface area contributed by atoms with Crippen molar-refractivity contribution >= 4 is 23.9 Å². The van der Waals surface area contributed by atoms with Crippen molar-refractivity contribution in [3.63, 3.8) is 0 Å². The summed E-state index contributed by atoms with van der Waals surface area (Å²) in [4.78, 5) is 28.9. The van der Waals surface area contributed by atoms with Crippen molar-refractivity contribution in [3.05, 3.63) is 53.9 Å². The lowest BCUT2D eigenvalue weighted by Gasteiger charge is -2.33. The third kappa shape index (κ3) is 3.65. The molecule has 8 heteroatoms. The van der Waals surface area contributed by atoms with E-state index in [0.717, 1.165) is 62.5 Å². The highest BCUT2D eigenvalue weighted by Gasteiger charge is 2.35. The number of carbonyl (C=O) groups is 1. The van der Waals surface area contributed by atoms with Crippen molar-refractivity contribution in [2.24, 2.45) is 16.0 Å². The number of aromatic nitrogens is 2. The van der Waals surface area contributed by atoms with Crippen molar-refractivity contribution in [1.82, 2.24) is 20.3 Å². The molecule has 0 radical (unpaired) electrons. The van der Waals surface area contributed by atoms with Gasteiger partial charge in [-0.1, -0.05) is 30.3 Å². The molecule has 1 N–H and O–H groups in total. The van der Waals surface area contributed by atoms with Crippen LogP contribution in [0.15, 0.2) is 52.7 Å². The van der Waals surface area contributed by atoms with E-state index in [1.54, 1.807) is 11.2 Å². The van der Waals surface area contributed by atoms with Crippen molar-refractivity contribution in [2.75, 3.05) is 31.1 Å². The highest BCUT2D eigenvalue weighted by atomic mass is 16.2. The standard InChI is InChI=1S/C22H25N7O/c30-21(29-19(7-11-26-29)16-4-2-1-3-5-16)17-8-14-28(15-9-17)22-25-10-6-18(27-22)20-23-12-13-24-20/h1-6,10-11,17,19H,7-9,12-15H2,(H,23,24)/t19-/m0/s1. The third-order valence-electron chi connectivity index (χ3n) is 5.93. The number of hydrogen-bond donors (Lipinski definition) is 1. The fourth-order valence-corrected chi connectivity index (χ4v) is 4.29. The second-order valence-electron chi connectivity index (χ2n) is 7.80. The number of hydrogen-bond acceptors (Lipinski definition) is 7. The lowest BCUT2D eigenvalue weighted by molar-refractivity contribution is -0.138. The fraction of sp³-hybridized carbons (Fsp3) is 0.409. The minimum absolute atomic E-state index is 0.0106. The van der Waals surface area contributed by atoms with Crippen LogP contribution >= 0.6 is 0 Å². The van der Waals surface area contributed by atoms with Crippen molar-refractivity contribution < 1.29 is 4.79 Å². The molecule has 3 aliphatic heterocycles. The largest absolute Gasteiger partial charge is 0.367 e. The van der Waals surface area contributed by atoms with Gasteiger partial charge in [-0.3, -0.25) is 9.79 Å². The van der Waals surface area contributed by atoms with Gasteiger partial charge in [-0.2, -0.15) is 5.10 Å². The van der Waals surface area contributed by atoms with E-state index >= 15 is 0 Å². The molecule has 1 atom stereocenters. The first-order chi connectivity index (χ1) is 14.8. The molecule has 5 rings (SSSR count). The predicted molar refractivity (Wildman–Crippen MR) is 116 cm³/mol. The zero-order chi connectivity index (χ0) is 20.3. The summed E-state index contributed by atoms with van der Waals surface area (Å²) in [5, 5.41) is 9.34. The van der Waals surface area contributed by atoms with Crippen molar-refractivity contribution in [2.45, 2.75) is 25.3 Å². The molecular formula is C22H25N7O. The predicted octanol–water partition coefficient (Wildman–Crippen LogP) is 2.00. The van der Waals surface area contributed by atoms with Gasteiger partial charge >= 0.3 is 0 Å². The maximum atomic E-state index is 13.2. The van der Waals surface area contributed by atoms with Gasteiger partial charge in [0.25, 0.3) is 0 Å². The first kappa shape index (κ1) is 18.7. The summed E-state index contributed by atoms with van der Waals surface area (Å²) in [5.41, 5.74) is 1.96. The molecular weight excluding hydrogens is 378 g/mol. The summed E-state index contributed by atoms with van der Waals surface area (Å²) in [6.45, 7) is 3.15. The van der Waals surface area contributed by atoms with Gasteiger partial charge in [0, 0.05) is 44.4 Å². The second-order valence-corrected chi connectivity index (χ2v) is 7.80. The van der Waals surface area contributed by atoms with Crippen LogP contribution < -0.4 is 10.2 Å². The van der Waals surface area contributed by atoms with Crippen LogP contribution in [0, 0.1) is 5.92 Å². The Hall–Kier alpha value is -3.29. The number of aliphatic imine (C=N–C) groups is 1. The van der Waals surface area contributed by atoms with E-state index in [9.17, 15) is 4.79 Å². The highest BCUT2D eigenvalue weighted by Crippen LogP contribution is 2.32. The molecule has 3 aliphatic rings. The zero-order valence-electron chi connectivity index (χ0n) is 16.8. The monoisotopic (exact) mass is 403 g/mol. The number of anilines is 1. The number of amidine groups is 1. The average molecular weight is 403 g/mol. The Kier molecular flexibility index (Phi) is 5.13. The van der Waals surface area contributed by atoms with Gasteiger partial charge in [0.2, 0.25) is 11.9 Å². The van der Waals surface area contributed by atoms with Gasteiger partial charge in [-0.15, -0.1) is 0 Å². The van der Waals surface area contributed by atoms with E-state index in [1.807, 2.05) is 30.5 Å². The lowest BCUT2D eigenvalue weighted by atomic mass is 9.94. The molecule has 0 unspecified atom stereocenters. The molecule has 30 heavy (non-hydrogen) atoms. The van der Waals surface area contributed by atoms with Crippen LogP contribution in [-0.2, 0) is 4.79 Å². The zero-order valence-corrected chi connectivity index (χ0v) is 16.8. The number of rotatable bonds is 4. The van der Waals surface area contributed by atoms with Crippen LogP contribution in [0.2, 0.25) is 0 Å². The topological polar surface area (TPSA) is 86.1 Å². The van der Waals surface area contributed by atoms with Gasteiger partial charge in [0.15, 0.2) is 0 Å². The third-order valence-corrected chi connectivity index (χ3v) is 5.93. The number of nitrogens with one attached hydrogen (secondary N) is 1. The first-order valence-corrected chi connectivity index (χ1v) is 10.6. The Morgan fingerprint density at radius 1 is 1.10 bits per heavy atom. The Balaban J connectivity index is 1.23. The molecule has 0 spiro atoms. The summed E-state index contributed by atoms with van der Waals surface area (Å²) < 4.78 is 0. The van der Waals surface area contributed by atoms with E-state index in [4.69, 9.17) is 0 Å². The fourth-order valence-electron chi connectivity index (χ4n) is 4.29. The van der Waals surface area contributed by atoms with Crippen LogP contribution in [0.5, 0.6) is 0 Å². The molecule has 1 fully saturated rings. The Morgan fingerprint density at radius 2 is 1.93 bits per heavy atom. The number of hydrazone groups is 1. The highest BCUT2D eigenvalue weighted by molar-refractivity contribution is 5.98. The molecule has 1 saturated heterocycles. The lowest BCUT2D eigenvalue weighted by Crippen LogP contribution is -2.41. The number of piperidine rings is 1. The van der Waals surface area contributed by atoms with Gasteiger partial charge in [-0.05, 0) is 24.5 Å². The Morgan fingerprint density at radius 3 is 2.70 bits per heavy atom. The van der Waals surface area contributed by atoms with Crippen LogP contribution in [0.1, 0.15) is 36.6 Å². The van der Waals surface area contributed by atoms with E-state index in [1.165, 1.54) is 0 Å². The summed E-state index contributed by atoms with van der Waals surface area (Å²) in [6, 6.07) is 12.0. The van der Waals surface area contributed by atoms with Crippen LogP contribution in [0.4, 0.5) is 5.95 Å². The number of benzene rings is 1. The molecule has 4 heterocycles. The summed E-state index contributed by atoms with van der Waals surface area (Å²) >= 11 is 0. The van der Waals surface area contributed by atoms with Gasteiger partial charge in [0.05, 0.1) is 12.6 Å². The number of amides is 1. The summed E-state index contributed by atoms with van der Waals surface area (Å²) in [6.07, 6.45) is 5.95. The van der Waals surface area contributed by atoms with E-state index < -0.39 is 0 Å². The van der Waals surface area contributed by atoms with Crippen LogP contribution in [-0.4, -0.2) is 59.1 Å². The van der Waals surface area contributed by atoms with E-state index in [2.05, 4.69) is 42.4 Å². The minimum Gasteiger partial charge on any atom is -0.367 e. The quantitative estimate of drug-likeness (QED) is 0.844. The molecule has 0 aliphatic carbocycles. The van der Waals surface area contributed by atoms with Crippen molar-refractivity contribution in [1.29, 1.82) is 0 Å². The SMILES string of the molecule is O=C(C1CCN(c2nccc(C3=NCCN3)n2)CC1)N1N=CC[C@H]1c1ccccc1. The maximum Gasteiger partial charge on any atom is 0.246 e. The minimum atomic E-state index is -0.0215. The van der Waals surface area contributed by atoms with Crippen molar-refractivity contribution in [3.8, 4) is 0 Å². The second kappa shape index (κ2) is 8.22. The molecule has 0 bridgehead atoms. The van der Waals surface area contributed by atoms with E-state index in [0.29, 0.717) is 5.95 Å². The first-order valence-electron chi connectivity index (χ1n) is 10.6. The molecule has 1 aromatic carbocycles. The Labute approximate surface area is 175 Å². The summed E-state index contributed by atoms with van der Waals surface area (Å²) in [5.74, 6) is 1.64. The van der Waals surface area contributed by atoms with Gasteiger partial charge < -0.3 is 10.2 Å². The number of nitrogens with zero attached hydrogens (tertiary/aromatic N) is 6. The molecule has 8 nitrogen and oxygen atoms in total. The number of carbonyl (C=O) groups excluding carboxylic acids is 1. The van der Waals surface area contributed by atoms with Crippen LogP contribution in [0.3, 0.4) is 0 Å². The average Bonchev–Trinajstić information content (AvgIpc) is 3.52. The molecule has 0 saturated carbocycles. The molecule has 154 valence electrons. The van der Waals surface area contributed by atoms with Crippen LogP contribution in [0.25, 0.3) is 0 Å². The molecule has 1 aromatic heterocycles. The molecule has 1 amide bonds. The van der Waals surface area contributed by atoms with Gasteiger partial charge in [-0.25, -0.2) is 15.0 Å². The normalized spacial score (nSPS) is 21.6. The smallest absolute Gasteiger partial charge is 0.246 e.